The molecule has 142 valence electrons. The predicted molar refractivity (Wildman–Crippen MR) is 93.0 cm³/mol. The highest BCUT2D eigenvalue weighted by molar-refractivity contribution is 5.90. The van der Waals surface area contributed by atoms with Gasteiger partial charge in [-0.3, -0.25) is 14.9 Å². The lowest BCUT2D eigenvalue weighted by molar-refractivity contribution is -0.385. The van der Waals surface area contributed by atoms with Crippen molar-refractivity contribution >= 4 is 17.6 Å². The van der Waals surface area contributed by atoms with Crippen molar-refractivity contribution in [1.29, 1.82) is 0 Å². The Hall–Kier alpha value is -3.49. The van der Waals surface area contributed by atoms with Crippen molar-refractivity contribution in [2.24, 2.45) is 0 Å². The first-order valence-corrected chi connectivity index (χ1v) is 7.92. The van der Waals surface area contributed by atoms with Gasteiger partial charge in [0.25, 0.3) is 5.91 Å². The van der Waals surface area contributed by atoms with Gasteiger partial charge in [0.05, 0.1) is 17.6 Å². The Morgan fingerprint density at radius 3 is 2.63 bits per heavy atom. The van der Waals surface area contributed by atoms with E-state index in [1.165, 1.54) is 18.2 Å². The second-order valence-corrected chi connectivity index (χ2v) is 5.41. The molecule has 0 aliphatic carbocycles. The van der Waals surface area contributed by atoms with Gasteiger partial charge in [0.15, 0.2) is 12.4 Å². The van der Waals surface area contributed by atoms with Crippen LogP contribution < -0.4 is 10.1 Å². The van der Waals surface area contributed by atoms with Crippen LogP contribution in [0.5, 0.6) is 5.75 Å². The number of hydrogen-bond donors (Lipinski definition) is 1. The first kappa shape index (κ1) is 19.8. The molecule has 0 aromatic heterocycles. The summed E-state index contributed by atoms with van der Waals surface area (Å²) in [6.07, 6.45) is 0.298. The largest absolute Gasteiger partial charge is 0.477 e. The minimum atomic E-state index is -0.726. The number of ether oxygens (including phenoxy) is 2. The smallest absolute Gasteiger partial charge is 0.338 e. The number of esters is 1. The Bertz CT molecular complexity index is 855. The number of halogens is 1. The maximum absolute atomic E-state index is 13.5. The van der Waals surface area contributed by atoms with Crippen LogP contribution >= 0.6 is 0 Å². The van der Waals surface area contributed by atoms with Crippen LogP contribution in [0.25, 0.3) is 0 Å². The molecule has 8 nitrogen and oxygen atoms in total. The fourth-order valence-corrected chi connectivity index (χ4v) is 2.26. The third-order valence-corrected chi connectivity index (χ3v) is 3.61. The molecule has 1 amide bonds. The van der Waals surface area contributed by atoms with E-state index >= 15 is 0 Å². The van der Waals surface area contributed by atoms with Gasteiger partial charge < -0.3 is 14.8 Å². The molecule has 2 aromatic carbocycles. The third-order valence-electron chi connectivity index (χ3n) is 3.61. The summed E-state index contributed by atoms with van der Waals surface area (Å²) in [5.41, 5.74) is -0.00398. The molecular weight excluding hydrogens is 359 g/mol. The molecule has 0 aliphatic heterocycles. The Labute approximate surface area is 154 Å². The van der Waals surface area contributed by atoms with Gasteiger partial charge in [0.2, 0.25) is 0 Å². The highest BCUT2D eigenvalue weighted by Gasteiger charge is 2.20. The van der Waals surface area contributed by atoms with Crippen LogP contribution in [0.4, 0.5) is 10.1 Å². The zero-order valence-electron chi connectivity index (χ0n) is 14.4. The Morgan fingerprint density at radius 1 is 1.22 bits per heavy atom. The summed E-state index contributed by atoms with van der Waals surface area (Å²) in [5.74, 6) is -1.76. The first-order valence-electron chi connectivity index (χ1n) is 7.92. The zero-order chi connectivity index (χ0) is 19.8. The molecule has 2 aromatic rings. The highest BCUT2D eigenvalue weighted by Crippen LogP contribution is 2.28. The Balaban J connectivity index is 1.91. The van der Waals surface area contributed by atoms with Crippen molar-refractivity contribution in [1.82, 2.24) is 5.32 Å². The van der Waals surface area contributed by atoms with Crippen molar-refractivity contribution < 1.29 is 28.4 Å². The van der Waals surface area contributed by atoms with Gasteiger partial charge >= 0.3 is 11.7 Å². The van der Waals surface area contributed by atoms with Gasteiger partial charge in [-0.15, -0.1) is 0 Å². The molecule has 0 radical (unpaired) electrons. The van der Waals surface area contributed by atoms with E-state index in [4.69, 9.17) is 4.74 Å². The van der Waals surface area contributed by atoms with Crippen LogP contribution in [0.2, 0.25) is 0 Å². The number of rotatable bonds is 8. The second kappa shape index (κ2) is 9.27. The van der Waals surface area contributed by atoms with E-state index in [-0.39, 0.29) is 23.7 Å². The fraction of sp³-hybridized carbons (Fsp3) is 0.222. The number of amides is 1. The van der Waals surface area contributed by atoms with Gasteiger partial charge in [0, 0.05) is 12.6 Å². The number of carbonyl (C=O) groups excluding carboxylic acids is 2. The van der Waals surface area contributed by atoms with E-state index in [0.29, 0.717) is 12.0 Å². The molecule has 2 rings (SSSR count). The lowest BCUT2D eigenvalue weighted by Crippen LogP contribution is -2.30. The van der Waals surface area contributed by atoms with Crippen molar-refractivity contribution in [3.05, 3.63) is 69.5 Å². The third kappa shape index (κ3) is 5.50. The maximum atomic E-state index is 13.5. The van der Waals surface area contributed by atoms with E-state index in [1.54, 1.807) is 18.2 Å². The Kier molecular flexibility index (Phi) is 6.81. The lowest BCUT2D eigenvalue weighted by Gasteiger charge is -2.09. The summed E-state index contributed by atoms with van der Waals surface area (Å²) in [5, 5.41) is 13.7. The summed E-state index contributed by atoms with van der Waals surface area (Å²) >= 11 is 0. The topological polar surface area (TPSA) is 108 Å². The molecule has 0 unspecified atom stereocenters. The van der Waals surface area contributed by atoms with E-state index < -0.39 is 29.1 Å². The van der Waals surface area contributed by atoms with Gasteiger partial charge in [-0.25, -0.2) is 9.18 Å². The average molecular weight is 376 g/mol. The van der Waals surface area contributed by atoms with Crippen LogP contribution in [-0.4, -0.2) is 37.1 Å². The summed E-state index contributed by atoms with van der Waals surface area (Å²) in [6, 6.07) is 9.74. The van der Waals surface area contributed by atoms with E-state index in [1.807, 2.05) is 0 Å². The number of benzene rings is 2. The van der Waals surface area contributed by atoms with E-state index in [2.05, 4.69) is 10.1 Å². The van der Waals surface area contributed by atoms with Crippen molar-refractivity contribution in [3.8, 4) is 5.75 Å². The highest BCUT2D eigenvalue weighted by atomic mass is 19.1. The number of nitrogens with zero attached hydrogens (tertiary/aromatic N) is 1. The molecule has 0 saturated heterocycles. The molecule has 0 spiro atoms. The first-order chi connectivity index (χ1) is 12.9. The number of methoxy groups -OCH3 is 1. The van der Waals surface area contributed by atoms with Gasteiger partial charge in [-0.2, -0.15) is 0 Å². The van der Waals surface area contributed by atoms with Crippen LogP contribution in [-0.2, 0) is 16.0 Å². The zero-order valence-corrected chi connectivity index (χ0v) is 14.4. The normalized spacial score (nSPS) is 10.1. The quantitative estimate of drug-likeness (QED) is 0.430. The lowest BCUT2D eigenvalue weighted by atomic mass is 10.1. The van der Waals surface area contributed by atoms with Crippen LogP contribution in [0.3, 0.4) is 0 Å². The van der Waals surface area contributed by atoms with Crippen molar-refractivity contribution in [3.63, 3.8) is 0 Å². The standard InChI is InChI=1S/C18H17FN2O6/c1-26-18(23)13-6-7-16(15(10-13)21(24)25)27-11-17(22)20-9-8-12-4-2-3-5-14(12)19/h2-7,10H,8-9,11H2,1H3,(H,20,22). The van der Waals surface area contributed by atoms with Crippen LogP contribution in [0.1, 0.15) is 15.9 Å². The fourth-order valence-electron chi connectivity index (χ4n) is 2.26. The minimum Gasteiger partial charge on any atom is -0.477 e. The van der Waals surface area contributed by atoms with Crippen molar-refractivity contribution in [2.75, 3.05) is 20.3 Å². The number of hydrogen-bond acceptors (Lipinski definition) is 6. The number of nitro groups is 1. The average Bonchev–Trinajstić information content (AvgIpc) is 2.67. The Morgan fingerprint density at radius 2 is 1.96 bits per heavy atom. The van der Waals surface area contributed by atoms with Crippen LogP contribution in [0, 0.1) is 15.9 Å². The second-order valence-electron chi connectivity index (χ2n) is 5.41. The molecule has 0 bridgehead atoms. The number of carbonyl (C=O) groups is 2. The van der Waals surface area contributed by atoms with Gasteiger partial charge in [-0.05, 0) is 30.2 Å². The van der Waals surface area contributed by atoms with Gasteiger partial charge in [-0.1, -0.05) is 18.2 Å². The maximum Gasteiger partial charge on any atom is 0.338 e. The molecule has 1 N–H and O–H groups in total. The molecule has 0 aliphatic rings. The predicted octanol–water partition coefficient (Wildman–Crippen LogP) is 2.26. The number of nitro benzene ring substituents is 1. The molecule has 9 heteroatoms. The molecular formula is C18H17FN2O6. The summed E-state index contributed by atoms with van der Waals surface area (Å²) in [7, 11) is 1.16. The molecule has 27 heavy (non-hydrogen) atoms. The summed E-state index contributed by atoms with van der Waals surface area (Å²) < 4.78 is 23.2. The minimum absolute atomic E-state index is 0.00844. The molecule has 0 fully saturated rings. The van der Waals surface area contributed by atoms with E-state index in [0.717, 1.165) is 13.2 Å². The summed E-state index contributed by atoms with van der Waals surface area (Å²) in [4.78, 5) is 33.7. The molecule has 0 atom stereocenters. The summed E-state index contributed by atoms with van der Waals surface area (Å²) in [6.45, 7) is -0.276. The SMILES string of the molecule is COC(=O)c1ccc(OCC(=O)NCCc2ccccc2F)c([N+](=O)[O-])c1. The molecule has 0 heterocycles. The van der Waals surface area contributed by atoms with Crippen LogP contribution in [0.15, 0.2) is 42.5 Å². The molecule has 0 saturated carbocycles. The van der Waals surface area contributed by atoms with E-state index in [9.17, 15) is 24.1 Å². The number of nitrogens with one attached hydrogen (secondary N) is 1. The monoisotopic (exact) mass is 376 g/mol. The van der Waals surface area contributed by atoms with Crippen molar-refractivity contribution in [2.45, 2.75) is 6.42 Å². The van der Waals surface area contributed by atoms with Gasteiger partial charge in [0.1, 0.15) is 5.82 Å².